The second-order valence-corrected chi connectivity index (χ2v) is 8.28. The minimum Gasteiger partial charge on any atom is -0.480 e. The minimum atomic E-state index is -1.22. The lowest BCUT2D eigenvalue weighted by Crippen LogP contribution is -2.59. The molecule has 6 atom stereocenters. The average Bonchev–Trinajstić information content (AvgIpc) is 2.66. The van der Waals surface area contributed by atoms with Crippen LogP contribution in [0.1, 0.15) is 47.5 Å². The quantitative estimate of drug-likeness (QED) is 0.182. The van der Waals surface area contributed by atoms with Crippen LogP contribution >= 0.6 is 12.6 Å². The molecule has 0 aliphatic heterocycles. The number of hydrogen-bond donors (Lipinski definition) is 7. The molecule has 0 aromatic heterocycles. The number of carbonyl (C=O) groups excluding carboxylic acids is 3. The Labute approximate surface area is 183 Å². The third kappa shape index (κ3) is 9.31. The van der Waals surface area contributed by atoms with Gasteiger partial charge in [-0.3, -0.25) is 14.4 Å². The molecule has 0 saturated heterocycles. The first-order valence-electron chi connectivity index (χ1n) is 10.0. The summed E-state index contributed by atoms with van der Waals surface area (Å²) >= 11 is 4.06. The molecule has 0 radical (unpaired) electrons. The van der Waals surface area contributed by atoms with Gasteiger partial charge in [0.1, 0.15) is 24.2 Å². The molecule has 6 unspecified atom stereocenters. The lowest BCUT2D eigenvalue weighted by molar-refractivity contribution is -0.144. The van der Waals surface area contributed by atoms with Crippen molar-refractivity contribution in [1.82, 2.24) is 16.0 Å². The fourth-order valence-corrected chi connectivity index (χ4v) is 2.85. The maximum Gasteiger partial charge on any atom is 0.326 e. The highest BCUT2D eigenvalue weighted by atomic mass is 32.1. The molecule has 10 nitrogen and oxygen atoms in total. The van der Waals surface area contributed by atoms with Crippen molar-refractivity contribution in [1.29, 1.82) is 0 Å². The molecule has 3 amide bonds. The van der Waals surface area contributed by atoms with E-state index in [1.54, 1.807) is 6.92 Å². The first-order chi connectivity index (χ1) is 13.8. The van der Waals surface area contributed by atoms with Crippen molar-refractivity contribution in [3.63, 3.8) is 0 Å². The van der Waals surface area contributed by atoms with E-state index in [4.69, 9.17) is 5.73 Å². The van der Waals surface area contributed by atoms with Gasteiger partial charge in [-0.25, -0.2) is 4.79 Å². The van der Waals surface area contributed by atoms with Gasteiger partial charge >= 0.3 is 5.97 Å². The zero-order chi connectivity index (χ0) is 23.6. The zero-order valence-corrected chi connectivity index (χ0v) is 19.1. The molecule has 0 spiro atoms. The highest BCUT2D eigenvalue weighted by molar-refractivity contribution is 7.80. The van der Waals surface area contributed by atoms with Crippen LogP contribution < -0.4 is 21.7 Å². The highest BCUT2D eigenvalue weighted by Crippen LogP contribution is 2.11. The van der Waals surface area contributed by atoms with Gasteiger partial charge in [-0.05, 0) is 25.2 Å². The Bertz CT molecular complexity index is 602. The largest absolute Gasteiger partial charge is 0.480 e. The summed E-state index contributed by atoms with van der Waals surface area (Å²) in [4.78, 5) is 48.9. The lowest BCUT2D eigenvalue weighted by atomic mass is 9.97. The van der Waals surface area contributed by atoms with E-state index in [0.29, 0.717) is 6.42 Å². The second-order valence-electron chi connectivity index (χ2n) is 7.91. The first kappa shape index (κ1) is 28.1. The van der Waals surface area contributed by atoms with Gasteiger partial charge in [-0.1, -0.05) is 34.1 Å². The standard InChI is InChI=1S/C19H36N4O6S/c1-6-10(4)15(19(28)29)23-16(25)12(7-9(2)3)21-17(26)13(8-30)22-18(27)14(20)11(5)24/h9-15,24,30H,6-8,20H2,1-5H3,(H,21,26)(H,22,27)(H,23,25)(H,28,29). The number of aliphatic carboxylic acids is 1. The highest BCUT2D eigenvalue weighted by Gasteiger charge is 2.32. The number of carboxylic acids is 1. The van der Waals surface area contributed by atoms with E-state index in [-0.39, 0.29) is 24.0 Å². The fourth-order valence-electron chi connectivity index (χ4n) is 2.59. The number of aliphatic hydroxyl groups is 1. The van der Waals surface area contributed by atoms with E-state index in [9.17, 15) is 29.4 Å². The van der Waals surface area contributed by atoms with E-state index in [0.717, 1.165) is 0 Å². The number of aliphatic hydroxyl groups excluding tert-OH is 1. The van der Waals surface area contributed by atoms with Crippen LogP contribution in [-0.2, 0) is 19.2 Å². The number of amides is 3. The average molecular weight is 449 g/mol. The van der Waals surface area contributed by atoms with Crippen LogP contribution in [0.15, 0.2) is 0 Å². The minimum absolute atomic E-state index is 0.0284. The molecule has 11 heteroatoms. The molecule has 0 fully saturated rings. The molecule has 0 heterocycles. The summed E-state index contributed by atoms with van der Waals surface area (Å²) in [6, 6.07) is -4.38. The first-order valence-corrected chi connectivity index (χ1v) is 10.7. The fraction of sp³-hybridized carbons (Fsp3) is 0.789. The number of nitrogens with one attached hydrogen (secondary N) is 3. The van der Waals surface area contributed by atoms with E-state index in [1.165, 1.54) is 6.92 Å². The SMILES string of the molecule is CCC(C)C(NC(=O)C(CC(C)C)NC(=O)C(CS)NC(=O)C(N)C(C)O)C(=O)O. The Morgan fingerprint density at radius 2 is 1.43 bits per heavy atom. The number of hydrogen-bond acceptors (Lipinski definition) is 7. The molecule has 0 aromatic rings. The molecule has 0 saturated carbocycles. The van der Waals surface area contributed by atoms with Gasteiger partial charge < -0.3 is 31.9 Å². The summed E-state index contributed by atoms with van der Waals surface area (Å²) in [5.41, 5.74) is 5.56. The molecule has 0 aliphatic rings. The van der Waals surface area contributed by atoms with Gasteiger partial charge in [0, 0.05) is 5.75 Å². The van der Waals surface area contributed by atoms with E-state index in [1.807, 2.05) is 20.8 Å². The molecule has 7 N–H and O–H groups in total. The van der Waals surface area contributed by atoms with E-state index in [2.05, 4.69) is 28.6 Å². The van der Waals surface area contributed by atoms with Crippen LogP contribution in [0.25, 0.3) is 0 Å². The van der Waals surface area contributed by atoms with Crippen molar-refractivity contribution in [3.8, 4) is 0 Å². The monoisotopic (exact) mass is 448 g/mol. The summed E-state index contributed by atoms with van der Waals surface area (Å²) in [5.74, 6) is -3.49. The number of carbonyl (C=O) groups is 4. The van der Waals surface area contributed by atoms with Crippen LogP contribution in [0.3, 0.4) is 0 Å². The van der Waals surface area contributed by atoms with Crippen molar-refractivity contribution in [2.24, 2.45) is 17.6 Å². The predicted molar refractivity (Wildman–Crippen MR) is 116 cm³/mol. The number of rotatable bonds is 13. The summed E-state index contributed by atoms with van der Waals surface area (Å²) in [6.07, 6.45) is -0.290. The molecule has 174 valence electrons. The Balaban J connectivity index is 5.33. The van der Waals surface area contributed by atoms with Crippen LogP contribution in [0, 0.1) is 11.8 Å². The van der Waals surface area contributed by atoms with Gasteiger partial charge in [0.05, 0.1) is 6.10 Å². The molecular weight excluding hydrogens is 412 g/mol. The van der Waals surface area contributed by atoms with Crippen LogP contribution in [0.5, 0.6) is 0 Å². The van der Waals surface area contributed by atoms with Crippen molar-refractivity contribution in [3.05, 3.63) is 0 Å². The summed E-state index contributed by atoms with van der Waals surface area (Å²) < 4.78 is 0. The van der Waals surface area contributed by atoms with Gasteiger partial charge in [0.25, 0.3) is 0 Å². The number of carboxylic acid groups (broad SMARTS) is 1. The third-order valence-electron chi connectivity index (χ3n) is 4.75. The molecular formula is C19H36N4O6S. The Kier molecular flexibility index (Phi) is 12.6. The Morgan fingerprint density at radius 3 is 1.83 bits per heavy atom. The van der Waals surface area contributed by atoms with Crippen LogP contribution in [0.2, 0.25) is 0 Å². The van der Waals surface area contributed by atoms with Crippen molar-refractivity contribution < 1.29 is 29.4 Å². The van der Waals surface area contributed by atoms with Crippen LogP contribution in [0.4, 0.5) is 0 Å². The van der Waals surface area contributed by atoms with E-state index >= 15 is 0 Å². The van der Waals surface area contributed by atoms with Crippen molar-refractivity contribution in [2.45, 2.75) is 77.7 Å². The summed E-state index contributed by atoms with van der Waals surface area (Å²) in [5, 5.41) is 26.3. The lowest BCUT2D eigenvalue weighted by Gasteiger charge is -2.27. The molecule has 0 rings (SSSR count). The second kappa shape index (κ2) is 13.5. The molecule has 0 aromatic carbocycles. The zero-order valence-electron chi connectivity index (χ0n) is 18.2. The smallest absolute Gasteiger partial charge is 0.326 e. The predicted octanol–water partition coefficient (Wildman–Crippen LogP) is -0.744. The number of nitrogens with two attached hydrogens (primary N) is 1. The topological polar surface area (TPSA) is 171 Å². The third-order valence-corrected chi connectivity index (χ3v) is 5.12. The van der Waals surface area contributed by atoms with Gasteiger partial charge in [0.15, 0.2) is 0 Å². The van der Waals surface area contributed by atoms with Crippen LogP contribution in [-0.4, -0.2) is 69.9 Å². The molecule has 0 aliphatic carbocycles. The van der Waals surface area contributed by atoms with Crippen molar-refractivity contribution >= 4 is 36.3 Å². The maximum absolute atomic E-state index is 12.7. The summed E-state index contributed by atoms with van der Waals surface area (Å²) in [7, 11) is 0. The summed E-state index contributed by atoms with van der Waals surface area (Å²) in [6.45, 7) is 8.59. The molecule has 30 heavy (non-hydrogen) atoms. The Morgan fingerprint density at radius 1 is 0.933 bits per heavy atom. The number of thiol groups is 1. The normalized spacial score (nSPS) is 17.2. The van der Waals surface area contributed by atoms with Crippen molar-refractivity contribution in [2.75, 3.05) is 5.75 Å². The molecule has 0 bridgehead atoms. The van der Waals surface area contributed by atoms with Gasteiger partial charge in [-0.2, -0.15) is 12.6 Å². The van der Waals surface area contributed by atoms with E-state index < -0.39 is 54.0 Å². The maximum atomic E-state index is 12.7. The van der Waals surface area contributed by atoms with Gasteiger partial charge in [0.2, 0.25) is 17.7 Å². The van der Waals surface area contributed by atoms with Gasteiger partial charge in [-0.15, -0.1) is 0 Å². The Hall–Kier alpha value is -1.85.